The first-order chi connectivity index (χ1) is 9.04. The summed E-state index contributed by atoms with van der Waals surface area (Å²) in [6.07, 6.45) is 0.908. The fourth-order valence-corrected chi connectivity index (χ4v) is 2.36. The molecule has 0 bridgehead atoms. The van der Waals surface area contributed by atoms with Gasteiger partial charge in [-0.15, -0.1) is 0 Å². The molecule has 6 heteroatoms. The Bertz CT molecular complexity index is 608. The molecule has 0 aliphatic heterocycles. The second-order valence-corrected chi connectivity index (χ2v) is 5.36. The molecule has 0 aliphatic carbocycles. The Balaban J connectivity index is 2.38. The van der Waals surface area contributed by atoms with Gasteiger partial charge < -0.3 is 11.1 Å². The summed E-state index contributed by atoms with van der Waals surface area (Å²) in [5, 5.41) is 2.87. The Hall–Kier alpha value is -1.56. The van der Waals surface area contributed by atoms with Crippen LogP contribution in [0.5, 0.6) is 0 Å². The number of benzene rings is 1. The van der Waals surface area contributed by atoms with Gasteiger partial charge in [-0.1, -0.05) is 22.9 Å². The molecule has 0 fully saturated rings. The van der Waals surface area contributed by atoms with Crippen molar-refractivity contribution in [2.45, 2.75) is 26.3 Å². The summed E-state index contributed by atoms with van der Waals surface area (Å²) < 4.78 is 2.69. The van der Waals surface area contributed by atoms with E-state index in [1.165, 1.54) is 0 Å². The van der Waals surface area contributed by atoms with Crippen LogP contribution in [0.4, 0.5) is 5.95 Å². The zero-order valence-corrected chi connectivity index (χ0v) is 12.6. The first kappa shape index (κ1) is 13.9. The summed E-state index contributed by atoms with van der Waals surface area (Å²) in [5.41, 5.74) is 7.57. The third-order valence-electron chi connectivity index (χ3n) is 2.99. The van der Waals surface area contributed by atoms with Crippen LogP contribution in [0.15, 0.2) is 22.7 Å². The van der Waals surface area contributed by atoms with Gasteiger partial charge in [0, 0.05) is 11.0 Å². The van der Waals surface area contributed by atoms with Crippen LogP contribution < -0.4 is 11.1 Å². The van der Waals surface area contributed by atoms with Crippen LogP contribution in [0.1, 0.15) is 26.3 Å². The van der Waals surface area contributed by atoms with Gasteiger partial charge in [-0.05, 0) is 31.5 Å². The maximum Gasteiger partial charge on any atom is 0.242 e. The molecule has 1 amide bonds. The Morgan fingerprint density at radius 2 is 2.32 bits per heavy atom. The van der Waals surface area contributed by atoms with Gasteiger partial charge in [-0.25, -0.2) is 4.98 Å². The second-order valence-electron chi connectivity index (χ2n) is 4.44. The van der Waals surface area contributed by atoms with Crippen molar-refractivity contribution < 1.29 is 4.79 Å². The zero-order valence-electron chi connectivity index (χ0n) is 11.0. The minimum Gasteiger partial charge on any atom is -0.369 e. The van der Waals surface area contributed by atoms with Gasteiger partial charge in [-0.2, -0.15) is 0 Å². The maximum atomic E-state index is 12.0. The molecule has 0 saturated heterocycles. The SMILES string of the molecule is CCCNC(=O)C(C)n1c(N)nc2cc(Br)ccc21. The Labute approximate surface area is 120 Å². The molecule has 2 aromatic rings. The Morgan fingerprint density at radius 1 is 1.58 bits per heavy atom. The van der Waals surface area contributed by atoms with E-state index in [0.717, 1.165) is 21.9 Å². The number of nitrogens with one attached hydrogen (secondary N) is 1. The highest BCUT2D eigenvalue weighted by molar-refractivity contribution is 9.10. The third-order valence-corrected chi connectivity index (χ3v) is 3.49. The lowest BCUT2D eigenvalue weighted by Crippen LogP contribution is -2.31. The van der Waals surface area contributed by atoms with E-state index in [0.29, 0.717) is 12.5 Å². The van der Waals surface area contributed by atoms with Gasteiger partial charge in [0.15, 0.2) is 0 Å². The number of hydrogen-bond donors (Lipinski definition) is 2. The first-order valence-electron chi connectivity index (χ1n) is 6.25. The highest BCUT2D eigenvalue weighted by Crippen LogP contribution is 2.25. The van der Waals surface area contributed by atoms with Crippen molar-refractivity contribution in [3.05, 3.63) is 22.7 Å². The molecule has 3 N–H and O–H groups in total. The molecule has 1 heterocycles. The Kier molecular flexibility index (Phi) is 4.09. The van der Waals surface area contributed by atoms with E-state index in [4.69, 9.17) is 5.73 Å². The summed E-state index contributed by atoms with van der Waals surface area (Å²) >= 11 is 3.40. The maximum absolute atomic E-state index is 12.0. The Morgan fingerprint density at radius 3 is 3.00 bits per heavy atom. The van der Waals surface area contributed by atoms with Crippen molar-refractivity contribution in [3.8, 4) is 0 Å². The largest absolute Gasteiger partial charge is 0.369 e. The number of nitrogens with two attached hydrogens (primary N) is 1. The lowest BCUT2D eigenvalue weighted by Gasteiger charge is -2.15. The van der Waals surface area contributed by atoms with Gasteiger partial charge in [-0.3, -0.25) is 9.36 Å². The number of amides is 1. The van der Waals surface area contributed by atoms with Crippen molar-refractivity contribution in [1.29, 1.82) is 0 Å². The normalized spacial score (nSPS) is 12.6. The predicted molar refractivity (Wildman–Crippen MR) is 79.9 cm³/mol. The van der Waals surface area contributed by atoms with Crippen LogP contribution in [0.2, 0.25) is 0 Å². The molecule has 1 atom stereocenters. The number of fused-ring (bicyclic) bond motifs is 1. The predicted octanol–water partition coefficient (Wildman–Crippen LogP) is 2.47. The van der Waals surface area contributed by atoms with Crippen LogP contribution >= 0.6 is 15.9 Å². The number of carbonyl (C=O) groups excluding carboxylic acids is 1. The number of imidazole rings is 1. The molecule has 0 saturated carbocycles. The van der Waals surface area contributed by atoms with Crippen molar-refractivity contribution >= 4 is 38.8 Å². The number of nitrogens with zero attached hydrogens (tertiary/aromatic N) is 2. The fourth-order valence-electron chi connectivity index (χ4n) is 2.01. The van der Waals surface area contributed by atoms with E-state index >= 15 is 0 Å². The van der Waals surface area contributed by atoms with E-state index in [-0.39, 0.29) is 11.9 Å². The van der Waals surface area contributed by atoms with Crippen molar-refractivity contribution in [2.24, 2.45) is 0 Å². The van der Waals surface area contributed by atoms with Gasteiger partial charge in [0.1, 0.15) is 6.04 Å². The summed E-state index contributed by atoms with van der Waals surface area (Å²) in [4.78, 5) is 16.3. The molecule has 2 rings (SSSR count). The zero-order chi connectivity index (χ0) is 14.0. The molecule has 0 aliphatic rings. The number of halogens is 1. The smallest absolute Gasteiger partial charge is 0.242 e. The molecule has 19 heavy (non-hydrogen) atoms. The minimum atomic E-state index is -0.377. The van der Waals surface area contributed by atoms with E-state index in [9.17, 15) is 4.79 Å². The summed E-state index contributed by atoms with van der Waals surface area (Å²) in [6, 6.07) is 5.33. The summed E-state index contributed by atoms with van der Waals surface area (Å²) in [5.74, 6) is 0.308. The monoisotopic (exact) mass is 324 g/mol. The topological polar surface area (TPSA) is 72.9 Å². The average Bonchev–Trinajstić information content (AvgIpc) is 2.70. The van der Waals surface area contributed by atoms with Crippen LogP contribution in [0.3, 0.4) is 0 Å². The molecular weight excluding hydrogens is 308 g/mol. The van der Waals surface area contributed by atoms with Crippen LogP contribution in [0.25, 0.3) is 11.0 Å². The quantitative estimate of drug-likeness (QED) is 0.907. The lowest BCUT2D eigenvalue weighted by atomic mass is 10.2. The van der Waals surface area contributed by atoms with Crippen molar-refractivity contribution in [3.63, 3.8) is 0 Å². The van der Waals surface area contributed by atoms with Crippen molar-refractivity contribution in [2.75, 3.05) is 12.3 Å². The number of nitrogen functional groups attached to an aromatic ring is 1. The first-order valence-corrected chi connectivity index (χ1v) is 7.04. The van der Waals surface area contributed by atoms with Crippen LogP contribution in [-0.4, -0.2) is 22.0 Å². The summed E-state index contributed by atoms with van der Waals surface area (Å²) in [7, 11) is 0. The molecule has 0 spiro atoms. The molecule has 0 radical (unpaired) electrons. The third kappa shape index (κ3) is 2.73. The summed E-state index contributed by atoms with van der Waals surface area (Å²) in [6.45, 7) is 4.51. The number of hydrogen-bond acceptors (Lipinski definition) is 3. The van der Waals surface area contributed by atoms with E-state index in [2.05, 4.69) is 26.2 Å². The fraction of sp³-hybridized carbons (Fsp3) is 0.385. The average molecular weight is 325 g/mol. The van der Waals surface area contributed by atoms with E-state index < -0.39 is 0 Å². The van der Waals surface area contributed by atoms with Gasteiger partial charge in [0.05, 0.1) is 11.0 Å². The molecule has 102 valence electrons. The standard InChI is InChI=1S/C13H17BrN4O/c1-3-6-16-12(19)8(2)18-11-5-4-9(14)7-10(11)17-13(18)15/h4-5,7-8H,3,6H2,1-2H3,(H2,15,17)(H,16,19). The van der Waals surface area contributed by atoms with Gasteiger partial charge in [0.2, 0.25) is 11.9 Å². The van der Waals surface area contributed by atoms with Crippen molar-refractivity contribution in [1.82, 2.24) is 14.9 Å². The van der Waals surface area contributed by atoms with Gasteiger partial charge in [0.25, 0.3) is 0 Å². The van der Waals surface area contributed by atoms with E-state index in [1.807, 2.05) is 32.0 Å². The number of anilines is 1. The highest BCUT2D eigenvalue weighted by atomic mass is 79.9. The number of rotatable bonds is 4. The highest BCUT2D eigenvalue weighted by Gasteiger charge is 2.19. The van der Waals surface area contributed by atoms with Gasteiger partial charge >= 0.3 is 0 Å². The van der Waals surface area contributed by atoms with Crippen LogP contribution in [-0.2, 0) is 4.79 Å². The van der Waals surface area contributed by atoms with E-state index in [1.54, 1.807) is 4.57 Å². The molecular formula is C13H17BrN4O. The molecule has 5 nitrogen and oxygen atoms in total. The number of carbonyl (C=O) groups is 1. The minimum absolute atomic E-state index is 0.0456. The molecule has 1 aromatic carbocycles. The van der Waals surface area contributed by atoms with Crippen LogP contribution in [0, 0.1) is 0 Å². The molecule has 1 aromatic heterocycles. The second kappa shape index (κ2) is 5.61. The lowest BCUT2D eigenvalue weighted by molar-refractivity contribution is -0.123. The number of aromatic nitrogens is 2. The molecule has 1 unspecified atom stereocenters.